The van der Waals surface area contributed by atoms with Crippen LogP contribution in [0.5, 0.6) is 0 Å². The van der Waals surface area contributed by atoms with Crippen molar-refractivity contribution in [1.29, 1.82) is 0 Å². The fourth-order valence-electron chi connectivity index (χ4n) is 5.29. The number of nitrogens with one attached hydrogen (secondary N) is 1. The summed E-state index contributed by atoms with van der Waals surface area (Å²) < 4.78 is 19.5. The van der Waals surface area contributed by atoms with Gasteiger partial charge < -0.3 is 15.2 Å². The van der Waals surface area contributed by atoms with Crippen molar-refractivity contribution in [2.45, 2.75) is 63.8 Å². The molecule has 2 aliphatic rings. The first-order valence-electron chi connectivity index (χ1n) is 12.0. The Kier molecular flexibility index (Phi) is 7.47. The Labute approximate surface area is 202 Å². The summed E-state index contributed by atoms with van der Waals surface area (Å²) in [6, 6.07) is 15.0. The Hall–Kier alpha value is -1.50. The highest BCUT2D eigenvalue weighted by Crippen LogP contribution is 2.44. The van der Waals surface area contributed by atoms with Crippen molar-refractivity contribution in [3.63, 3.8) is 0 Å². The maximum absolute atomic E-state index is 13.3. The van der Waals surface area contributed by atoms with Gasteiger partial charge in [-0.05, 0) is 68.1 Å². The van der Waals surface area contributed by atoms with Crippen molar-refractivity contribution in [3.05, 3.63) is 70.5 Å². The van der Waals surface area contributed by atoms with Gasteiger partial charge in [-0.25, -0.2) is 4.39 Å². The lowest BCUT2D eigenvalue weighted by atomic mass is 9.67. The van der Waals surface area contributed by atoms with Crippen molar-refractivity contribution in [2.24, 2.45) is 5.41 Å². The van der Waals surface area contributed by atoms with Gasteiger partial charge in [0.05, 0.1) is 18.3 Å². The number of hydrogen-bond donors (Lipinski definition) is 2. The van der Waals surface area contributed by atoms with Crippen LogP contribution in [0.2, 0.25) is 5.02 Å². The zero-order valence-corrected chi connectivity index (χ0v) is 20.6. The molecule has 4 atom stereocenters. The number of nitrogens with zero attached hydrogens (tertiary/aromatic N) is 1. The zero-order chi connectivity index (χ0) is 23.6. The quantitative estimate of drug-likeness (QED) is 0.619. The molecule has 33 heavy (non-hydrogen) atoms. The maximum Gasteiger partial charge on any atom is 0.123 e. The number of hydrogen-bond acceptors (Lipinski definition) is 4. The number of piperidine rings is 1. The summed E-state index contributed by atoms with van der Waals surface area (Å²) >= 11 is 6.20. The molecule has 2 fully saturated rings. The molecule has 1 unspecified atom stereocenters. The van der Waals surface area contributed by atoms with Crippen LogP contribution in [0, 0.1) is 11.2 Å². The molecule has 0 bridgehead atoms. The van der Waals surface area contributed by atoms with E-state index in [-0.39, 0.29) is 29.4 Å². The van der Waals surface area contributed by atoms with E-state index in [1.165, 1.54) is 12.1 Å². The summed E-state index contributed by atoms with van der Waals surface area (Å²) in [5.74, 6) is -0.223. The van der Waals surface area contributed by atoms with Crippen molar-refractivity contribution in [3.8, 4) is 0 Å². The number of benzene rings is 2. The first-order chi connectivity index (χ1) is 15.7. The summed E-state index contributed by atoms with van der Waals surface area (Å²) in [6.45, 7) is 9.48. The van der Waals surface area contributed by atoms with E-state index in [2.05, 4.69) is 43.1 Å². The molecule has 180 valence electrons. The molecule has 0 saturated carbocycles. The minimum atomic E-state index is -0.785. The number of halogens is 2. The van der Waals surface area contributed by atoms with E-state index >= 15 is 0 Å². The minimum Gasteiger partial charge on any atom is -0.389 e. The molecule has 0 spiro atoms. The third-order valence-corrected chi connectivity index (χ3v) is 7.91. The molecule has 2 heterocycles. The highest BCUT2D eigenvalue weighted by Gasteiger charge is 2.48. The summed E-state index contributed by atoms with van der Waals surface area (Å²) in [5, 5.41) is 16.0. The predicted molar refractivity (Wildman–Crippen MR) is 131 cm³/mol. The molecule has 0 aromatic heterocycles. The van der Waals surface area contributed by atoms with E-state index in [9.17, 15) is 9.50 Å². The van der Waals surface area contributed by atoms with E-state index in [1.807, 2.05) is 24.3 Å². The molecular formula is C27H36ClFN2O2. The monoisotopic (exact) mass is 474 g/mol. The summed E-state index contributed by atoms with van der Waals surface area (Å²) in [4.78, 5) is 2.48. The van der Waals surface area contributed by atoms with E-state index in [0.29, 0.717) is 18.1 Å². The molecular weight excluding hydrogens is 439 g/mol. The minimum absolute atomic E-state index is 0.0112. The van der Waals surface area contributed by atoms with Gasteiger partial charge in [-0.1, -0.05) is 49.7 Å². The zero-order valence-electron chi connectivity index (χ0n) is 19.9. The Morgan fingerprint density at radius 3 is 2.55 bits per heavy atom. The van der Waals surface area contributed by atoms with Crippen LogP contribution in [0.4, 0.5) is 4.39 Å². The average Bonchev–Trinajstić information content (AvgIpc) is 2.78. The molecule has 4 rings (SSSR count). The molecule has 0 radical (unpaired) electrons. The van der Waals surface area contributed by atoms with Crippen molar-refractivity contribution in [1.82, 2.24) is 10.2 Å². The second-order valence-corrected chi connectivity index (χ2v) is 10.9. The molecule has 2 saturated heterocycles. The van der Waals surface area contributed by atoms with Gasteiger partial charge in [0.1, 0.15) is 5.82 Å². The third kappa shape index (κ3) is 5.60. The first-order valence-corrected chi connectivity index (χ1v) is 12.3. The molecule has 2 aromatic carbocycles. The maximum atomic E-state index is 13.3. The molecule has 0 aliphatic carbocycles. The van der Waals surface area contributed by atoms with Gasteiger partial charge in [-0.2, -0.15) is 0 Å². The second-order valence-electron chi connectivity index (χ2n) is 10.4. The molecule has 2 N–H and O–H groups in total. The van der Waals surface area contributed by atoms with E-state index in [4.69, 9.17) is 16.3 Å². The van der Waals surface area contributed by atoms with Gasteiger partial charge in [0, 0.05) is 35.6 Å². The van der Waals surface area contributed by atoms with Crippen molar-refractivity contribution >= 4 is 11.6 Å². The lowest BCUT2D eigenvalue weighted by Gasteiger charge is -2.51. The Morgan fingerprint density at radius 1 is 1.18 bits per heavy atom. The van der Waals surface area contributed by atoms with Crippen LogP contribution >= 0.6 is 11.6 Å². The topological polar surface area (TPSA) is 44.7 Å². The Bertz CT molecular complexity index is 921. The fraction of sp³-hybridized carbons (Fsp3) is 0.556. The Morgan fingerprint density at radius 2 is 1.88 bits per heavy atom. The van der Waals surface area contributed by atoms with E-state index < -0.39 is 5.60 Å². The van der Waals surface area contributed by atoms with Gasteiger partial charge in [-0.15, -0.1) is 0 Å². The first kappa shape index (κ1) is 24.6. The average molecular weight is 475 g/mol. The molecule has 4 nitrogen and oxygen atoms in total. The van der Waals surface area contributed by atoms with Crippen LogP contribution in [-0.2, 0) is 11.2 Å². The number of rotatable bonds is 6. The lowest BCUT2D eigenvalue weighted by molar-refractivity contribution is -0.128. The van der Waals surface area contributed by atoms with Gasteiger partial charge in [0.25, 0.3) is 0 Å². The summed E-state index contributed by atoms with van der Waals surface area (Å²) in [5.41, 5.74) is 1.21. The highest BCUT2D eigenvalue weighted by molar-refractivity contribution is 6.30. The second kappa shape index (κ2) is 10.0. The standard InChI is InChI=1S/C27H36ClFN2O2/c1-19-17-33-24(14-20-4-10-23(29)11-5-20)16-31(19)25(21-6-8-22(28)9-7-21)15-27(32)12-13-30-18-26(27,2)3/h4-11,19,24-25,30,32H,12-18H2,1-3H3/t19-,24+,25?,27-/m0/s1. The third-order valence-electron chi connectivity index (χ3n) is 7.66. The van der Waals surface area contributed by atoms with Crippen molar-refractivity contribution < 1.29 is 14.2 Å². The van der Waals surface area contributed by atoms with Crippen LogP contribution < -0.4 is 5.32 Å². The normalized spacial score (nSPS) is 29.0. The van der Waals surface area contributed by atoms with Crippen LogP contribution in [0.15, 0.2) is 48.5 Å². The molecule has 6 heteroatoms. The molecule has 0 amide bonds. The largest absolute Gasteiger partial charge is 0.389 e. The number of aliphatic hydroxyl groups is 1. The Balaban J connectivity index is 1.60. The number of morpholine rings is 1. The number of ether oxygens (including phenoxy) is 1. The van der Waals surface area contributed by atoms with Crippen molar-refractivity contribution in [2.75, 3.05) is 26.2 Å². The van der Waals surface area contributed by atoms with Gasteiger partial charge in [0.15, 0.2) is 0 Å². The van der Waals surface area contributed by atoms with Gasteiger partial charge in [0.2, 0.25) is 0 Å². The molecule has 2 aromatic rings. The van der Waals surface area contributed by atoms with Crippen LogP contribution in [0.1, 0.15) is 50.8 Å². The van der Waals surface area contributed by atoms with Gasteiger partial charge in [-0.3, -0.25) is 4.90 Å². The lowest BCUT2D eigenvalue weighted by Crippen LogP contribution is -2.59. The van der Waals surface area contributed by atoms with E-state index in [1.54, 1.807) is 0 Å². The van der Waals surface area contributed by atoms with Crippen LogP contribution in [0.3, 0.4) is 0 Å². The van der Waals surface area contributed by atoms with Crippen LogP contribution in [-0.4, -0.2) is 54.0 Å². The predicted octanol–water partition coefficient (Wildman–Crippen LogP) is 4.99. The summed E-state index contributed by atoms with van der Waals surface area (Å²) in [7, 11) is 0. The fourth-order valence-corrected chi connectivity index (χ4v) is 5.41. The summed E-state index contributed by atoms with van der Waals surface area (Å²) in [6.07, 6.45) is 2.12. The SMILES string of the molecule is C[C@H]1CO[C@H](Cc2ccc(F)cc2)CN1C(C[C@@]1(O)CCNCC1(C)C)c1ccc(Cl)cc1. The van der Waals surface area contributed by atoms with E-state index in [0.717, 1.165) is 43.6 Å². The van der Waals surface area contributed by atoms with Gasteiger partial charge >= 0.3 is 0 Å². The molecule has 2 aliphatic heterocycles. The van der Waals surface area contributed by atoms with Crippen LogP contribution in [0.25, 0.3) is 0 Å². The smallest absolute Gasteiger partial charge is 0.123 e. The highest BCUT2D eigenvalue weighted by atomic mass is 35.5.